The summed E-state index contributed by atoms with van der Waals surface area (Å²) in [4.78, 5) is 24.1. The predicted molar refractivity (Wildman–Crippen MR) is 95.9 cm³/mol. The molecule has 3 rings (SSSR count). The Hall–Kier alpha value is -2.47. The highest BCUT2D eigenvalue weighted by Crippen LogP contribution is 2.17. The smallest absolute Gasteiger partial charge is 0.242 e. The number of imidazole rings is 1. The fourth-order valence-corrected chi connectivity index (χ4v) is 3.28. The van der Waals surface area contributed by atoms with Crippen LogP contribution in [-0.4, -0.2) is 38.9 Å². The summed E-state index contributed by atoms with van der Waals surface area (Å²) in [6.45, 7) is 2.99. The quantitative estimate of drug-likeness (QED) is 0.693. The van der Waals surface area contributed by atoms with E-state index in [1.54, 1.807) is 22.4 Å². The van der Waals surface area contributed by atoms with E-state index in [1.165, 1.54) is 4.88 Å². The first kappa shape index (κ1) is 16.4. The van der Waals surface area contributed by atoms with Crippen LogP contribution in [0.15, 0.2) is 48.2 Å². The van der Waals surface area contributed by atoms with Crippen molar-refractivity contribution in [1.82, 2.24) is 19.4 Å². The monoisotopic (exact) mass is 340 g/mol. The molecule has 0 bridgehead atoms. The third-order valence-electron chi connectivity index (χ3n) is 4.00. The maximum Gasteiger partial charge on any atom is 0.242 e. The van der Waals surface area contributed by atoms with Gasteiger partial charge >= 0.3 is 0 Å². The van der Waals surface area contributed by atoms with E-state index in [0.29, 0.717) is 13.1 Å². The van der Waals surface area contributed by atoms with Crippen LogP contribution in [0.25, 0.3) is 11.4 Å². The molecule has 124 valence electrons. The van der Waals surface area contributed by atoms with Gasteiger partial charge in [-0.25, -0.2) is 9.97 Å². The van der Waals surface area contributed by atoms with E-state index in [-0.39, 0.29) is 5.91 Å². The van der Waals surface area contributed by atoms with Gasteiger partial charge in [-0.05, 0) is 6.92 Å². The molecule has 6 heteroatoms. The number of aryl methyl sites for hydroxylation is 1. The normalized spacial score (nSPS) is 10.8. The third kappa shape index (κ3) is 3.71. The van der Waals surface area contributed by atoms with Crippen molar-refractivity contribution in [3.05, 3.63) is 58.8 Å². The maximum absolute atomic E-state index is 12.5. The molecule has 2 heterocycles. The predicted octanol–water partition coefficient (Wildman–Crippen LogP) is 3.02. The van der Waals surface area contributed by atoms with Crippen LogP contribution >= 0.6 is 11.3 Å². The van der Waals surface area contributed by atoms with E-state index in [9.17, 15) is 4.79 Å². The average Bonchev–Trinajstić information content (AvgIpc) is 3.22. The number of nitrogens with zero attached hydrogens (tertiary/aromatic N) is 4. The summed E-state index contributed by atoms with van der Waals surface area (Å²) in [5.74, 6) is 0.892. The number of amides is 1. The molecule has 0 atom stereocenters. The van der Waals surface area contributed by atoms with Gasteiger partial charge in [0.05, 0.1) is 11.2 Å². The second kappa shape index (κ2) is 7.40. The van der Waals surface area contributed by atoms with Gasteiger partial charge in [-0.1, -0.05) is 30.3 Å². The number of carbonyl (C=O) groups is 1. The molecule has 1 amide bonds. The molecule has 0 saturated heterocycles. The lowest BCUT2D eigenvalue weighted by molar-refractivity contribution is -0.130. The summed E-state index contributed by atoms with van der Waals surface area (Å²) in [6.07, 6.45) is 4.42. The van der Waals surface area contributed by atoms with E-state index in [4.69, 9.17) is 0 Å². The Bertz CT molecular complexity index is 809. The zero-order chi connectivity index (χ0) is 16.9. The van der Waals surface area contributed by atoms with Gasteiger partial charge in [0.25, 0.3) is 0 Å². The molecule has 0 radical (unpaired) electrons. The minimum absolute atomic E-state index is 0.0762. The van der Waals surface area contributed by atoms with Crippen LogP contribution in [0, 0.1) is 6.92 Å². The number of rotatable bonds is 6. The number of thiazole rings is 1. The molecule has 1 aromatic carbocycles. The van der Waals surface area contributed by atoms with Crippen LogP contribution in [0.4, 0.5) is 0 Å². The van der Waals surface area contributed by atoms with Crippen LogP contribution in [0.5, 0.6) is 0 Å². The van der Waals surface area contributed by atoms with Gasteiger partial charge in [0, 0.05) is 42.8 Å². The molecule has 5 nitrogen and oxygen atoms in total. The largest absolute Gasteiger partial charge is 0.344 e. The lowest BCUT2D eigenvalue weighted by Gasteiger charge is -2.18. The third-order valence-corrected chi connectivity index (χ3v) is 4.99. The summed E-state index contributed by atoms with van der Waals surface area (Å²) in [5.41, 5.74) is 3.92. The van der Waals surface area contributed by atoms with Crippen molar-refractivity contribution in [1.29, 1.82) is 0 Å². The van der Waals surface area contributed by atoms with Gasteiger partial charge in [-0.2, -0.15) is 0 Å². The highest BCUT2D eigenvalue weighted by Gasteiger charge is 2.13. The Labute approximate surface area is 145 Å². The van der Waals surface area contributed by atoms with Crippen molar-refractivity contribution in [2.45, 2.75) is 19.9 Å². The van der Waals surface area contributed by atoms with Crippen LogP contribution in [0.2, 0.25) is 0 Å². The summed E-state index contributed by atoms with van der Waals surface area (Å²) in [5, 5.41) is 0. The fourth-order valence-electron chi connectivity index (χ4n) is 2.51. The van der Waals surface area contributed by atoms with Gasteiger partial charge in [0.15, 0.2) is 0 Å². The van der Waals surface area contributed by atoms with Crippen LogP contribution < -0.4 is 0 Å². The highest BCUT2D eigenvalue weighted by atomic mass is 32.1. The Morgan fingerprint density at radius 2 is 2.04 bits per heavy atom. The highest BCUT2D eigenvalue weighted by molar-refractivity contribution is 7.09. The van der Waals surface area contributed by atoms with E-state index < -0.39 is 0 Å². The fraction of sp³-hybridized carbons (Fsp3) is 0.278. The van der Waals surface area contributed by atoms with Crippen molar-refractivity contribution < 1.29 is 4.79 Å². The number of likely N-dealkylation sites (N-methyl/N-ethyl adjacent to an activating group) is 1. The Kier molecular flexibility index (Phi) is 5.05. The van der Waals surface area contributed by atoms with Crippen LogP contribution in [-0.2, 0) is 17.8 Å². The van der Waals surface area contributed by atoms with Crippen LogP contribution in [0.3, 0.4) is 0 Å². The SMILES string of the molecule is Cc1ncsc1CCN(C)C(=O)Cn1ccnc1-c1ccccc1. The molecule has 0 saturated carbocycles. The molecule has 0 fully saturated rings. The minimum Gasteiger partial charge on any atom is -0.344 e. The molecule has 24 heavy (non-hydrogen) atoms. The molecule has 0 spiro atoms. The van der Waals surface area contributed by atoms with Gasteiger partial charge in [0.2, 0.25) is 5.91 Å². The first-order chi connectivity index (χ1) is 11.6. The molecule has 0 aliphatic carbocycles. The molecule has 3 aromatic rings. The van der Waals surface area contributed by atoms with Crippen molar-refractivity contribution in [3.63, 3.8) is 0 Å². The first-order valence-corrected chi connectivity index (χ1v) is 8.72. The molecule has 0 N–H and O–H groups in total. The average molecular weight is 340 g/mol. The maximum atomic E-state index is 12.5. The van der Waals surface area contributed by atoms with Gasteiger partial charge in [-0.3, -0.25) is 4.79 Å². The van der Waals surface area contributed by atoms with Gasteiger partial charge in [0.1, 0.15) is 12.4 Å². The second-order valence-electron chi connectivity index (χ2n) is 5.67. The van der Waals surface area contributed by atoms with Gasteiger partial charge < -0.3 is 9.47 Å². The Morgan fingerprint density at radius 1 is 1.25 bits per heavy atom. The molecular weight excluding hydrogens is 320 g/mol. The van der Waals surface area contributed by atoms with Gasteiger partial charge in [-0.15, -0.1) is 11.3 Å². The molecule has 2 aromatic heterocycles. The summed E-state index contributed by atoms with van der Waals surface area (Å²) in [7, 11) is 1.85. The van der Waals surface area contributed by atoms with Crippen molar-refractivity contribution >= 4 is 17.2 Å². The molecule has 0 aliphatic rings. The topological polar surface area (TPSA) is 51.0 Å². The summed E-state index contributed by atoms with van der Waals surface area (Å²) in [6, 6.07) is 9.91. The van der Waals surface area contributed by atoms with E-state index >= 15 is 0 Å². The summed E-state index contributed by atoms with van der Waals surface area (Å²) < 4.78 is 1.89. The standard InChI is InChI=1S/C18H20N4OS/c1-14-16(24-13-20-14)8-10-21(2)17(23)12-22-11-9-19-18(22)15-6-4-3-5-7-15/h3-7,9,11,13H,8,10,12H2,1-2H3. The first-order valence-electron chi connectivity index (χ1n) is 7.84. The van der Waals surface area contributed by atoms with Crippen molar-refractivity contribution in [2.24, 2.45) is 0 Å². The van der Waals surface area contributed by atoms with Crippen LogP contribution in [0.1, 0.15) is 10.6 Å². The van der Waals surface area contributed by atoms with Crippen molar-refractivity contribution in [3.8, 4) is 11.4 Å². The Morgan fingerprint density at radius 3 is 2.75 bits per heavy atom. The van der Waals surface area contributed by atoms with Crippen molar-refractivity contribution in [2.75, 3.05) is 13.6 Å². The number of carbonyl (C=O) groups excluding carboxylic acids is 1. The van der Waals surface area contributed by atoms with E-state index in [1.807, 2.05) is 60.6 Å². The zero-order valence-electron chi connectivity index (χ0n) is 13.8. The molecular formula is C18H20N4OS. The minimum atomic E-state index is 0.0762. The summed E-state index contributed by atoms with van der Waals surface area (Å²) >= 11 is 1.64. The number of benzene rings is 1. The lowest BCUT2D eigenvalue weighted by Crippen LogP contribution is -2.32. The van der Waals surface area contributed by atoms with E-state index in [2.05, 4.69) is 9.97 Å². The molecule has 0 aliphatic heterocycles. The van der Waals surface area contributed by atoms with E-state index in [0.717, 1.165) is 23.5 Å². The second-order valence-corrected chi connectivity index (χ2v) is 6.61. The zero-order valence-corrected chi connectivity index (χ0v) is 14.7. The number of aromatic nitrogens is 3. The number of hydrogen-bond donors (Lipinski definition) is 0. The number of hydrogen-bond acceptors (Lipinski definition) is 4. The lowest BCUT2D eigenvalue weighted by atomic mass is 10.2. The molecule has 0 unspecified atom stereocenters. The Balaban J connectivity index is 1.63.